The van der Waals surface area contributed by atoms with Crippen LogP contribution < -0.4 is 20.3 Å². The van der Waals surface area contributed by atoms with Crippen molar-refractivity contribution in [2.45, 2.75) is 95.6 Å². The van der Waals surface area contributed by atoms with Gasteiger partial charge in [0.05, 0.1) is 34.4 Å². The zero-order valence-electron chi connectivity index (χ0n) is 34.2. The molecule has 4 aromatic rings. The van der Waals surface area contributed by atoms with Crippen LogP contribution in [0.1, 0.15) is 91.4 Å². The first-order valence-corrected chi connectivity index (χ1v) is 21.1. The van der Waals surface area contributed by atoms with Gasteiger partial charge in [-0.3, -0.25) is 49.1 Å². The molecule has 1 saturated carbocycles. The average molecular weight is 815 g/mol. The van der Waals surface area contributed by atoms with Crippen LogP contribution in [0.25, 0.3) is 10.9 Å². The van der Waals surface area contributed by atoms with Gasteiger partial charge in [0.15, 0.2) is 0 Å². The number of rotatable bonds is 10. The Balaban J connectivity index is 0.721. The van der Waals surface area contributed by atoms with Crippen LogP contribution >= 0.6 is 0 Å². The zero-order valence-corrected chi connectivity index (χ0v) is 34.2. The van der Waals surface area contributed by atoms with E-state index in [2.05, 4.69) is 85.0 Å². The van der Waals surface area contributed by atoms with E-state index in [1.54, 1.807) is 18.5 Å². The second-order valence-electron chi connectivity index (χ2n) is 17.7. The SMILES string of the molecule is C[C@H]1CN(C2=CC(C)(c3[nH]nc4ccc(OC5(C)CC5)cc34)N=CN2)CCN1Cc1cn(CC2CCN(c3ccc4c(c3)C(=O)N(C3CCC(=O)NC3=O)C4=O)CC2)nn1. The second kappa shape index (κ2) is 14.6. The Morgan fingerprint density at radius 3 is 2.52 bits per heavy atom. The number of H-pyrrole nitrogens is 1. The Hall–Kier alpha value is -6.10. The van der Waals surface area contributed by atoms with Crippen LogP contribution in [0.3, 0.4) is 0 Å². The fourth-order valence-electron chi connectivity index (χ4n) is 9.35. The molecule has 2 aromatic carbocycles. The van der Waals surface area contributed by atoms with E-state index in [0.717, 1.165) is 116 Å². The highest BCUT2D eigenvalue weighted by atomic mass is 16.5. The normalized spacial score (nSPS) is 25.7. The summed E-state index contributed by atoms with van der Waals surface area (Å²) in [6.45, 7) is 12.2. The lowest BCUT2D eigenvalue weighted by Crippen LogP contribution is -2.54. The highest BCUT2D eigenvalue weighted by Gasteiger charge is 2.45. The summed E-state index contributed by atoms with van der Waals surface area (Å²) in [6.07, 6.45) is 10.3. The first-order valence-electron chi connectivity index (χ1n) is 21.1. The summed E-state index contributed by atoms with van der Waals surface area (Å²) < 4.78 is 8.24. The third-order valence-electron chi connectivity index (χ3n) is 13.2. The summed E-state index contributed by atoms with van der Waals surface area (Å²) in [5.74, 6) is 0.342. The Kier molecular flexibility index (Phi) is 9.26. The number of fused-ring (bicyclic) bond motifs is 2. The van der Waals surface area contributed by atoms with E-state index >= 15 is 0 Å². The minimum atomic E-state index is -0.975. The molecule has 5 aliphatic heterocycles. The topological polar surface area (TPSA) is 186 Å². The molecule has 312 valence electrons. The maximum atomic E-state index is 13.4. The number of nitrogens with zero attached hydrogens (tertiary/aromatic N) is 9. The number of benzene rings is 2. The molecule has 4 amide bonds. The summed E-state index contributed by atoms with van der Waals surface area (Å²) in [5.41, 5.74) is 3.57. The van der Waals surface area contributed by atoms with Gasteiger partial charge in [-0.25, -0.2) is 0 Å². The second-order valence-corrected chi connectivity index (χ2v) is 17.7. The van der Waals surface area contributed by atoms with Crippen molar-refractivity contribution in [1.82, 2.24) is 50.5 Å². The standard InChI is InChI=1S/C43H50N12O5/c1-26-21-53(36-20-43(3,45-25-44-36)38-33-19-30(60-42(2)12-13-42)5-7-34(33)48-49-38)17-16-52(26)23-28-24-54(50-47-28)22-27-10-14-51(15-11-27)29-4-6-31-32(18-29)41(59)55(40(31)58)35-8-9-37(56)46-39(35)57/h4-7,18-20,24-27,35H,8-17,21-23H2,1-3H3,(H,44,45)(H,48,49)(H,46,56,57)/t26-,35?,43?/m0/s1. The number of piperidine rings is 2. The van der Waals surface area contributed by atoms with Crippen LogP contribution in [-0.2, 0) is 28.2 Å². The third-order valence-corrected chi connectivity index (χ3v) is 13.2. The largest absolute Gasteiger partial charge is 0.488 e. The van der Waals surface area contributed by atoms with Crippen molar-refractivity contribution in [3.8, 4) is 5.75 Å². The highest BCUT2D eigenvalue weighted by molar-refractivity contribution is 6.23. The number of piperazine rings is 1. The predicted molar refractivity (Wildman–Crippen MR) is 221 cm³/mol. The van der Waals surface area contributed by atoms with E-state index < -0.39 is 35.2 Å². The molecule has 60 heavy (non-hydrogen) atoms. The number of carbonyl (C=O) groups is 4. The molecule has 1 aliphatic carbocycles. The van der Waals surface area contributed by atoms with E-state index in [1.807, 2.05) is 22.9 Å². The first kappa shape index (κ1) is 38.1. The summed E-state index contributed by atoms with van der Waals surface area (Å²) in [6, 6.07) is 10.7. The van der Waals surface area contributed by atoms with Gasteiger partial charge in [0.1, 0.15) is 28.8 Å². The quantitative estimate of drug-likeness (QED) is 0.199. The molecule has 0 radical (unpaired) electrons. The molecule has 17 heteroatoms. The lowest BCUT2D eigenvalue weighted by atomic mass is 9.94. The number of ether oxygens (including phenoxy) is 1. The molecule has 3 N–H and O–H groups in total. The fraction of sp³-hybridized carbons (Fsp3) is 0.488. The fourth-order valence-corrected chi connectivity index (χ4v) is 9.35. The van der Waals surface area contributed by atoms with Gasteiger partial charge in [0.25, 0.3) is 11.8 Å². The molecule has 3 atom stereocenters. The minimum Gasteiger partial charge on any atom is -0.488 e. The summed E-state index contributed by atoms with van der Waals surface area (Å²) in [5, 5.41) is 23.6. The van der Waals surface area contributed by atoms with E-state index in [1.165, 1.54) is 0 Å². The third kappa shape index (κ3) is 7.07. The van der Waals surface area contributed by atoms with Gasteiger partial charge in [-0.2, -0.15) is 5.10 Å². The molecule has 10 rings (SSSR count). The van der Waals surface area contributed by atoms with Crippen LogP contribution in [0, 0.1) is 5.92 Å². The lowest BCUT2D eigenvalue weighted by Gasteiger charge is -2.42. The molecule has 2 unspecified atom stereocenters. The van der Waals surface area contributed by atoms with E-state index in [9.17, 15) is 19.2 Å². The number of aromatic amines is 1. The number of anilines is 1. The van der Waals surface area contributed by atoms with Crippen LogP contribution in [0.2, 0.25) is 0 Å². The molecule has 3 saturated heterocycles. The van der Waals surface area contributed by atoms with Crippen molar-refractivity contribution in [2.24, 2.45) is 10.9 Å². The number of nitrogens with one attached hydrogen (secondary N) is 3. The van der Waals surface area contributed by atoms with Gasteiger partial charge in [-0.1, -0.05) is 5.21 Å². The van der Waals surface area contributed by atoms with E-state index in [0.29, 0.717) is 17.0 Å². The number of aliphatic imine (C=N–C) groups is 1. The van der Waals surface area contributed by atoms with Gasteiger partial charge >= 0.3 is 0 Å². The van der Waals surface area contributed by atoms with Crippen molar-refractivity contribution >= 4 is 46.6 Å². The van der Waals surface area contributed by atoms with E-state index in [4.69, 9.17) is 9.73 Å². The van der Waals surface area contributed by atoms with Gasteiger partial charge in [0, 0.05) is 75.5 Å². The monoisotopic (exact) mass is 814 g/mol. The maximum Gasteiger partial charge on any atom is 0.262 e. The molecule has 17 nitrogen and oxygen atoms in total. The number of imide groups is 2. The van der Waals surface area contributed by atoms with Crippen molar-refractivity contribution < 1.29 is 23.9 Å². The van der Waals surface area contributed by atoms with Crippen LogP contribution in [0.15, 0.2) is 59.5 Å². The molecule has 2 aromatic heterocycles. The number of hydrogen-bond donors (Lipinski definition) is 3. The Morgan fingerprint density at radius 2 is 1.73 bits per heavy atom. The number of amides is 4. The molecule has 7 heterocycles. The summed E-state index contributed by atoms with van der Waals surface area (Å²) in [4.78, 5) is 63.6. The molecule has 6 aliphatic rings. The molecule has 0 spiro atoms. The van der Waals surface area contributed by atoms with Gasteiger partial charge < -0.3 is 19.9 Å². The highest BCUT2D eigenvalue weighted by Crippen LogP contribution is 2.41. The number of hydrogen-bond acceptors (Lipinski definition) is 13. The van der Waals surface area contributed by atoms with Crippen LogP contribution in [0.4, 0.5) is 5.69 Å². The van der Waals surface area contributed by atoms with E-state index in [-0.39, 0.29) is 24.5 Å². The van der Waals surface area contributed by atoms with Crippen molar-refractivity contribution in [1.29, 1.82) is 0 Å². The molecular formula is C43H50N12O5. The molecule has 4 fully saturated rings. The van der Waals surface area contributed by atoms with Gasteiger partial charge in [-0.05, 0) is 101 Å². The van der Waals surface area contributed by atoms with Crippen molar-refractivity contribution in [2.75, 3.05) is 37.6 Å². The Morgan fingerprint density at radius 1 is 0.917 bits per heavy atom. The lowest BCUT2D eigenvalue weighted by molar-refractivity contribution is -0.136. The summed E-state index contributed by atoms with van der Waals surface area (Å²) in [7, 11) is 0. The average Bonchev–Trinajstić information content (AvgIpc) is 3.50. The summed E-state index contributed by atoms with van der Waals surface area (Å²) >= 11 is 0. The number of carbonyl (C=O) groups excluding carboxylic acids is 4. The van der Waals surface area contributed by atoms with Crippen LogP contribution in [-0.4, -0.2) is 120 Å². The zero-order chi connectivity index (χ0) is 41.3. The van der Waals surface area contributed by atoms with Gasteiger partial charge in [0.2, 0.25) is 11.8 Å². The van der Waals surface area contributed by atoms with Crippen molar-refractivity contribution in [3.05, 3.63) is 77.0 Å². The Labute approximate surface area is 347 Å². The first-order chi connectivity index (χ1) is 28.9. The smallest absolute Gasteiger partial charge is 0.262 e. The Bertz CT molecular complexity index is 2460. The maximum absolute atomic E-state index is 13.4. The predicted octanol–water partition coefficient (Wildman–Crippen LogP) is 3.30. The number of aromatic nitrogens is 5. The molecular weight excluding hydrogens is 765 g/mol. The van der Waals surface area contributed by atoms with Gasteiger partial charge in [-0.15, -0.1) is 5.10 Å². The minimum absolute atomic E-state index is 0.0614. The van der Waals surface area contributed by atoms with Crippen LogP contribution in [0.5, 0.6) is 5.75 Å². The molecule has 0 bridgehead atoms. The van der Waals surface area contributed by atoms with Crippen molar-refractivity contribution in [3.63, 3.8) is 0 Å².